The van der Waals surface area contributed by atoms with E-state index in [-0.39, 0.29) is 0 Å². The molecule has 0 saturated carbocycles. The van der Waals surface area contributed by atoms with E-state index in [1.165, 1.54) is 0 Å². The summed E-state index contributed by atoms with van der Waals surface area (Å²) in [6, 6.07) is 137. The van der Waals surface area contributed by atoms with E-state index in [9.17, 15) is 0 Å². The lowest BCUT2D eigenvalue weighted by molar-refractivity contribution is 0.591. The smallest absolute Gasteiger partial charge is 0.171 e. The third kappa shape index (κ3) is 14.3. The van der Waals surface area contributed by atoms with E-state index in [1.54, 1.807) is 0 Å². The molecule has 1 unspecified atom stereocenters. The van der Waals surface area contributed by atoms with Gasteiger partial charge in [0.2, 0.25) is 0 Å². The largest absolute Gasteiger partial charge is 0.309 e. The maximum atomic E-state index is 16.2. The van der Waals surface area contributed by atoms with Gasteiger partial charge in [-0.15, -0.1) is 0 Å². The van der Waals surface area contributed by atoms with Crippen LogP contribution in [-0.2, 0) is 9.13 Å². The third-order valence-corrected chi connectivity index (χ3v) is 26.3. The second kappa shape index (κ2) is 30.8. The van der Waals surface area contributed by atoms with Gasteiger partial charge in [0, 0.05) is 87.5 Å². The molecule has 0 saturated heterocycles. The zero-order valence-electron chi connectivity index (χ0n) is 60.5. The van der Waals surface area contributed by atoms with Gasteiger partial charge < -0.3 is 9.13 Å². The Morgan fingerprint density at radius 2 is 0.321 bits per heavy atom. The van der Waals surface area contributed by atoms with Crippen molar-refractivity contribution in [1.29, 1.82) is 0 Å². The van der Waals surface area contributed by atoms with Crippen LogP contribution in [0.5, 0.6) is 0 Å². The van der Waals surface area contributed by atoms with Crippen LogP contribution < -0.4 is 31.8 Å². The number of benzene rings is 14. The fourth-order valence-corrected chi connectivity index (χ4v) is 19.7. The van der Waals surface area contributed by atoms with Crippen LogP contribution in [0.15, 0.2) is 413 Å². The van der Waals surface area contributed by atoms with Crippen molar-refractivity contribution in [2.24, 2.45) is 0 Å². The first-order valence-corrected chi connectivity index (χ1v) is 40.5. The molecule has 12 heteroatoms. The molecule has 18 rings (SSSR count). The van der Waals surface area contributed by atoms with Gasteiger partial charge in [0.05, 0.1) is 22.8 Å². The summed E-state index contributed by atoms with van der Waals surface area (Å²) in [7, 11) is -6.67. The summed E-state index contributed by atoms with van der Waals surface area (Å²) in [6.45, 7) is 0. The van der Waals surface area contributed by atoms with Gasteiger partial charge in [-0.1, -0.05) is 364 Å². The summed E-state index contributed by atoms with van der Waals surface area (Å²) >= 11 is 0. The number of rotatable bonds is 19. The predicted molar refractivity (Wildman–Crippen MR) is 458 cm³/mol. The number of pyridine rings is 2. The molecule has 14 aromatic carbocycles. The van der Waals surface area contributed by atoms with Crippen LogP contribution in [0, 0.1) is 0 Å². The van der Waals surface area contributed by atoms with E-state index < -0.39 is 14.3 Å². The normalized spacial score (nSPS) is 11.9. The molecule has 0 N–H and O–H groups in total. The first-order valence-electron chi connectivity index (χ1n) is 37.1. The fourth-order valence-electron chi connectivity index (χ4n) is 14.4. The molecule has 0 spiro atoms. The van der Waals surface area contributed by atoms with Crippen molar-refractivity contribution in [1.82, 2.24) is 39.9 Å². The van der Waals surface area contributed by atoms with E-state index in [0.29, 0.717) is 40.3 Å². The van der Waals surface area contributed by atoms with E-state index in [4.69, 9.17) is 39.9 Å². The van der Waals surface area contributed by atoms with Crippen LogP contribution >= 0.6 is 14.3 Å². The highest BCUT2D eigenvalue weighted by Crippen LogP contribution is 2.46. The van der Waals surface area contributed by atoms with Gasteiger partial charge in [-0.05, 0) is 81.9 Å². The summed E-state index contributed by atoms with van der Waals surface area (Å²) in [4.78, 5) is 40.9. The topological polar surface area (TPSA) is 137 Å². The molecule has 1 atom stereocenters. The molecule has 0 radical (unpaired) electrons. The van der Waals surface area contributed by atoms with Crippen molar-refractivity contribution in [3.8, 4) is 147 Å². The molecule has 18 aromatic rings. The molecule has 112 heavy (non-hydrogen) atoms. The van der Waals surface area contributed by atoms with Crippen molar-refractivity contribution in [3.05, 3.63) is 413 Å². The fraction of sp³-hybridized carbons (Fsp3) is 0. The summed E-state index contributed by atoms with van der Waals surface area (Å²) < 4.78 is 31.7. The summed E-state index contributed by atoms with van der Waals surface area (Å²) in [5.74, 6) is 3.34. The van der Waals surface area contributed by atoms with Crippen molar-refractivity contribution < 1.29 is 9.13 Å². The van der Waals surface area contributed by atoms with Crippen molar-refractivity contribution in [2.45, 2.75) is 0 Å². The SMILES string of the molecule is O=P(c1ccccc1)(c1ccccc1)c1cccc(-c2cccc(-c3cccc(-c4nc(-c5ccc(-c6ccccc6)cc5)nc(-c5ccc(-c6ccc(-c7ccc(P(=O)(c8ccccc8)c8cccc(-c9cccc(-c%10cccc(-c%11nc(-c%12ccccc%12)nc(-c%12ccccc%12)n%11)c%10)n9)c8)cc7)cc6)cc5)n4)c3)n2)c1. The summed E-state index contributed by atoms with van der Waals surface area (Å²) in [6.07, 6.45) is 0. The number of aromatic nitrogens is 8. The number of nitrogens with zero attached hydrogens (tertiary/aromatic N) is 8. The highest BCUT2D eigenvalue weighted by atomic mass is 31.2. The Bertz CT molecular complexity index is 6420. The Balaban J connectivity index is 0.609. The molecule has 0 aliphatic heterocycles. The molecule has 0 aliphatic carbocycles. The molecule has 4 heterocycles. The summed E-state index contributed by atoms with van der Waals surface area (Å²) in [5, 5.41) is 4.45. The van der Waals surface area contributed by atoms with Crippen molar-refractivity contribution in [2.75, 3.05) is 0 Å². The lowest BCUT2D eigenvalue weighted by Crippen LogP contribution is -2.25. The molecule has 4 aromatic heterocycles. The molecule has 530 valence electrons. The van der Waals surface area contributed by atoms with Gasteiger partial charge in [-0.3, -0.25) is 0 Å². The second-order valence-corrected chi connectivity index (χ2v) is 32.8. The molecular formula is C100H68N8O2P2. The van der Waals surface area contributed by atoms with Crippen LogP contribution in [0.25, 0.3) is 147 Å². The minimum Gasteiger partial charge on any atom is -0.309 e. The second-order valence-electron chi connectivity index (χ2n) is 27.3. The molecule has 0 bridgehead atoms. The minimum absolute atomic E-state index is 0.518. The van der Waals surface area contributed by atoms with E-state index in [0.717, 1.165) is 138 Å². The van der Waals surface area contributed by atoms with Gasteiger partial charge in [0.25, 0.3) is 0 Å². The zero-order chi connectivity index (χ0) is 75.2. The lowest BCUT2D eigenvalue weighted by atomic mass is 9.99. The molecule has 0 aliphatic rings. The Labute approximate surface area is 650 Å². The van der Waals surface area contributed by atoms with E-state index in [2.05, 4.69) is 115 Å². The van der Waals surface area contributed by atoms with Crippen LogP contribution in [0.1, 0.15) is 0 Å². The average Bonchev–Trinajstić information content (AvgIpc) is 0.787. The van der Waals surface area contributed by atoms with Crippen LogP contribution in [0.3, 0.4) is 0 Å². The standard InChI is InChI=1S/C100H68N8O2P2/c109-111(85-37-13-4-14-38-85,86-39-15-5-16-40-86)89-43-21-33-81(67-89)93-47-23-45-92(101-93)80-32-20-36-84(66-80)100-107-97(77-57-53-70(54-58-77)69-25-7-1-8-26-69)104-98(108-100)78-59-55-73(56-60-78)71-49-51-72(52-50-71)74-61-63-88(64-62-74)112(110,87-41-17-6-18-42-87)90-44-22-34-82(68-90)94-48-24-46-91(102-94)79-31-19-35-83(65-79)99-105-95(75-27-9-2-10-28-75)103-96(106-99)76-29-11-3-12-30-76/h1-68H. The number of hydrogen-bond donors (Lipinski definition) is 0. The van der Waals surface area contributed by atoms with Gasteiger partial charge in [0.15, 0.2) is 49.2 Å². The average molecular weight is 1480 g/mol. The van der Waals surface area contributed by atoms with Crippen LogP contribution in [0.4, 0.5) is 0 Å². The monoisotopic (exact) mass is 1470 g/mol. The van der Waals surface area contributed by atoms with Crippen LogP contribution in [-0.4, -0.2) is 39.9 Å². The molecule has 0 fully saturated rings. The van der Waals surface area contributed by atoms with Gasteiger partial charge >= 0.3 is 0 Å². The first kappa shape index (κ1) is 69.6. The Morgan fingerprint density at radius 1 is 0.134 bits per heavy atom. The molecule has 10 nitrogen and oxygen atoms in total. The Hall–Kier alpha value is -14.1. The zero-order valence-corrected chi connectivity index (χ0v) is 62.3. The van der Waals surface area contributed by atoms with E-state index in [1.807, 2.05) is 297 Å². The molecular weight excluding hydrogens is 1410 g/mol. The first-order chi connectivity index (χ1) is 55.2. The minimum atomic E-state index is -3.43. The van der Waals surface area contributed by atoms with Gasteiger partial charge in [-0.25, -0.2) is 39.9 Å². The van der Waals surface area contributed by atoms with Crippen molar-refractivity contribution in [3.63, 3.8) is 0 Å². The highest BCUT2D eigenvalue weighted by molar-refractivity contribution is 7.85. The van der Waals surface area contributed by atoms with E-state index >= 15 is 9.13 Å². The lowest BCUT2D eigenvalue weighted by Gasteiger charge is -2.21. The highest BCUT2D eigenvalue weighted by Gasteiger charge is 2.32. The summed E-state index contributed by atoms with van der Waals surface area (Å²) in [5.41, 5.74) is 18.0. The Kier molecular flexibility index (Phi) is 19.2. The number of hydrogen-bond acceptors (Lipinski definition) is 10. The van der Waals surface area contributed by atoms with Crippen LogP contribution in [0.2, 0.25) is 0 Å². The van der Waals surface area contributed by atoms with Gasteiger partial charge in [-0.2, -0.15) is 0 Å². The molecule has 0 amide bonds. The maximum absolute atomic E-state index is 16.2. The van der Waals surface area contributed by atoms with Crippen molar-refractivity contribution >= 4 is 46.1 Å². The quantitative estimate of drug-likeness (QED) is 0.0720. The third-order valence-electron chi connectivity index (χ3n) is 20.2. The Morgan fingerprint density at radius 3 is 0.634 bits per heavy atom. The maximum Gasteiger partial charge on any atom is 0.171 e. The predicted octanol–water partition coefficient (Wildman–Crippen LogP) is 21.8. The van der Waals surface area contributed by atoms with Gasteiger partial charge in [0.1, 0.15) is 0 Å².